The molecule has 1 aromatic carbocycles. The Bertz CT molecular complexity index is 628. The predicted octanol–water partition coefficient (Wildman–Crippen LogP) is 1.51. The molecule has 1 aromatic heterocycles. The fraction of sp³-hybridized carbons (Fsp3) is 0.471. The van der Waals surface area contributed by atoms with E-state index in [0.29, 0.717) is 6.04 Å². The van der Waals surface area contributed by atoms with Crippen LogP contribution in [0.1, 0.15) is 12.0 Å². The number of likely N-dealkylation sites (N-methyl/N-ethyl adjacent to an activating group) is 1. The monoisotopic (exact) mass is 318 g/mol. The average Bonchev–Trinajstić information content (AvgIpc) is 3.00. The first kappa shape index (κ1) is 16.1. The van der Waals surface area contributed by atoms with E-state index in [1.807, 2.05) is 12.4 Å². The summed E-state index contributed by atoms with van der Waals surface area (Å²) in [5, 5.41) is 13.5. The Morgan fingerprint density at radius 2 is 2.04 bits per heavy atom. The van der Waals surface area contributed by atoms with Crippen molar-refractivity contribution in [3.63, 3.8) is 0 Å². The molecule has 0 spiro atoms. The van der Waals surface area contributed by atoms with E-state index in [-0.39, 0.29) is 12.4 Å². The molecule has 2 heterocycles. The van der Waals surface area contributed by atoms with Crippen LogP contribution in [0.4, 0.5) is 4.39 Å². The number of rotatable bonds is 5. The Kier molecular flexibility index (Phi) is 5.05. The van der Waals surface area contributed by atoms with Crippen molar-refractivity contribution in [1.82, 2.24) is 19.6 Å². The van der Waals surface area contributed by atoms with Crippen molar-refractivity contribution in [2.45, 2.75) is 19.0 Å². The van der Waals surface area contributed by atoms with E-state index in [9.17, 15) is 9.50 Å². The van der Waals surface area contributed by atoms with Gasteiger partial charge in [0.2, 0.25) is 0 Å². The van der Waals surface area contributed by atoms with Crippen molar-refractivity contribution >= 4 is 0 Å². The van der Waals surface area contributed by atoms with E-state index in [2.05, 4.69) is 21.9 Å². The first-order valence-electron chi connectivity index (χ1n) is 7.98. The zero-order valence-corrected chi connectivity index (χ0v) is 13.4. The van der Waals surface area contributed by atoms with Gasteiger partial charge in [0.1, 0.15) is 5.82 Å². The lowest BCUT2D eigenvalue weighted by atomic mass is 10.1. The molecule has 3 rings (SSSR count). The van der Waals surface area contributed by atoms with Crippen molar-refractivity contribution in [1.29, 1.82) is 0 Å². The minimum absolute atomic E-state index is 0.228. The van der Waals surface area contributed by atoms with Crippen LogP contribution >= 0.6 is 0 Å². The number of piperazine rings is 1. The van der Waals surface area contributed by atoms with E-state index in [4.69, 9.17) is 0 Å². The summed E-state index contributed by atoms with van der Waals surface area (Å²) >= 11 is 0. The summed E-state index contributed by atoms with van der Waals surface area (Å²) in [4.78, 5) is 4.71. The van der Waals surface area contributed by atoms with Gasteiger partial charge in [-0.3, -0.25) is 4.90 Å². The van der Waals surface area contributed by atoms with Crippen molar-refractivity contribution in [2.24, 2.45) is 0 Å². The molecule has 0 saturated carbocycles. The van der Waals surface area contributed by atoms with Crippen LogP contribution < -0.4 is 0 Å². The third-order valence-corrected chi connectivity index (χ3v) is 4.46. The van der Waals surface area contributed by atoms with Crippen LogP contribution in [0, 0.1) is 5.82 Å². The molecule has 0 aliphatic carbocycles. The van der Waals surface area contributed by atoms with Gasteiger partial charge in [0, 0.05) is 50.6 Å². The molecule has 2 aromatic rings. The van der Waals surface area contributed by atoms with Gasteiger partial charge in [0.05, 0.1) is 11.9 Å². The number of hydrogen-bond acceptors (Lipinski definition) is 4. The normalized spacial score (nSPS) is 20.0. The second-order valence-corrected chi connectivity index (χ2v) is 6.15. The first-order chi connectivity index (χ1) is 11.2. The van der Waals surface area contributed by atoms with Gasteiger partial charge in [-0.1, -0.05) is 0 Å². The van der Waals surface area contributed by atoms with Gasteiger partial charge in [-0.15, -0.1) is 0 Å². The maximum Gasteiger partial charge on any atom is 0.123 e. The Labute approximate surface area is 135 Å². The summed E-state index contributed by atoms with van der Waals surface area (Å²) in [7, 11) is 2.12. The van der Waals surface area contributed by atoms with Gasteiger partial charge in [-0.25, -0.2) is 9.07 Å². The number of hydrogen-bond donors (Lipinski definition) is 1. The van der Waals surface area contributed by atoms with Crippen LogP contribution in [0.3, 0.4) is 0 Å². The van der Waals surface area contributed by atoms with Gasteiger partial charge < -0.3 is 10.0 Å². The predicted molar refractivity (Wildman–Crippen MR) is 86.9 cm³/mol. The number of halogens is 1. The highest BCUT2D eigenvalue weighted by molar-refractivity contribution is 5.31. The summed E-state index contributed by atoms with van der Waals surface area (Å²) in [6.07, 6.45) is 4.66. The van der Waals surface area contributed by atoms with Crippen molar-refractivity contribution in [3.05, 3.63) is 48.0 Å². The molecule has 0 unspecified atom stereocenters. The summed E-state index contributed by atoms with van der Waals surface area (Å²) in [5.41, 5.74) is 2.00. The lowest BCUT2D eigenvalue weighted by molar-refractivity contribution is 0.0743. The summed E-state index contributed by atoms with van der Waals surface area (Å²) in [6.45, 7) is 4.05. The van der Waals surface area contributed by atoms with Gasteiger partial charge in [0.15, 0.2) is 0 Å². The van der Waals surface area contributed by atoms with Crippen molar-refractivity contribution in [3.8, 4) is 5.69 Å². The van der Waals surface area contributed by atoms with E-state index >= 15 is 0 Å². The molecule has 6 heteroatoms. The first-order valence-corrected chi connectivity index (χ1v) is 7.98. The van der Waals surface area contributed by atoms with E-state index in [1.165, 1.54) is 12.1 Å². The van der Waals surface area contributed by atoms with Crippen LogP contribution in [0.15, 0.2) is 36.7 Å². The third-order valence-electron chi connectivity index (χ3n) is 4.46. The summed E-state index contributed by atoms with van der Waals surface area (Å²) in [6, 6.07) is 6.73. The Morgan fingerprint density at radius 3 is 2.78 bits per heavy atom. The maximum atomic E-state index is 13.0. The minimum Gasteiger partial charge on any atom is -0.396 e. The standard InChI is InChI=1S/C17H23FN4O/c1-20-7-8-21(13-17(20)6-9-23)11-14-10-19-22(12-14)16-4-2-15(18)3-5-16/h2-5,10,12,17,23H,6-9,11,13H2,1H3/t17-/m0/s1. The summed E-state index contributed by atoms with van der Waals surface area (Å²) < 4.78 is 14.8. The van der Waals surface area contributed by atoms with Gasteiger partial charge in [0.25, 0.3) is 0 Å². The summed E-state index contributed by atoms with van der Waals surface area (Å²) in [5.74, 6) is -0.242. The molecule has 1 N–H and O–H groups in total. The zero-order valence-electron chi connectivity index (χ0n) is 13.4. The quantitative estimate of drug-likeness (QED) is 0.908. The fourth-order valence-electron chi connectivity index (χ4n) is 3.05. The van der Waals surface area contributed by atoms with Gasteiger partial charge >= 0.3 is 0 Å². The van der Waals surface area contributed by atoms with Crippen LogP contribution in [-0.2, 0) is 6.54 Å². The molecule has 124 valence electrons. The highest BCUT2D eigenvalue weighted by Crippen LogP contribution is 2.15. The number of aliphatic hydroxyl groups excluding tert-OH is 1. The molecule has 1 atom stereocenters. The molecule has 1 saturated heterocycles. The molecule has 5 nitrogen and oxygen atoms in total. The van der Waals surface area contributed by atoms with Crippen molar-refractivity contribution < 1.29 is 9.50 Å². The fourth-order valence-corrected chi connectivity index (χ4v) is 3.05. The van der Waals surface area contributed by atoms with E-state index in [0.717, 1.165) is 43.9 Å². The number of benzene rings is 1. The SMILES string of the molecule is CN1CCN(Cc2cnn(-c3ccc(F)cc3)c2)C[C@@H]1CCO. The third kappa shape index (κ3) is 3.96. The Balaban J connectivity index is 1.63. The molecule has 1 fully saturated rings. The van der Waals surface area contributed by atoms with Crippen LogP contribution in [0.5, 0.6) is 0 Å². The topological polar surface area (TPSA) is 44.5 Å². The lowest BCUT2D eigenvalue weighted by Gasteiger charge is -2.39. The number of aromatic nitrogens is 2. The minimum atomic E-state index is -0.242. The number of aliphatic hydroxyl groups is 1. The molecule has 1 aliphatic rings. The molecule has 23 heavy (non-hydrogen) atoms. The lowest BCUT2D eigenvalue weighted by Crippen LogP contribution is -2.51. The average molecular weight is 318 g/mol. The second-order valence-electron chi connectivity index (χ2n) is 6.15. The Morgan fingerprint density at radius 1 is 1.26 bits per heavy atom. The molecule has 0 amide bonds. The second kappa shape index (κ2) is 7.21. The molecule has 0 radical (unpaired) electrons. The molecular weight excluding hydrogens is 295 g/mol. The van der Waals surface area contributed by atoms with E-state index in [1.54, 1.807) is 16.8 Å². The zero-order chi connectivity index (χ0) is 16.2. The smallest absolute Gasteiger partial charge is 0.123 e. The largest absolute Gasteiger partial charge is 0.396 e. The molecule has 0 bridgehead atoms. The highest BCUT2D eigenvalue weighted by atomic mass is 19.1. The van der Waals surface area contributed by atoms with Crippen molar-refractivity contribution in [2.75, 3.05) is 33.3 Å². The number of nitrogens with zero attached hydrogens (tertiary/aromatic N) is 4. The van der Waals surface area contributed by atoms with Gasteiger partial charge in [-0.05, 0) is 37.7 Å². The molecule has 1 aliphatic heterocycles. The van der Waals surface area contributed by atoms with E-state index < -0.39 is 0 Å². The maximum absolute atomic E-state index is 13.0. The van der Waals surface area contributed by atoms with Crippen LogP contribution in [0.25, 0.3) is 5.69 Å². The van der Waals surface area contributed by atoms with Crippen LogP contribution in [0.2, 0.25) is 0 Å². The highest BCUT2D eigenvalue weighted by Gasteiger charge is 2.23. The Hall–Kier alpha value is -1.76. The molecular formula is C17H23FN4O. The van der Waals surface area contributed by atoms with Gasteiger partial charge in [-0.2, -0.15) is 5.10 Å². The van der Waals surface area contributed by atoms with Crippen LogP contribution in [-0.4, -0.2) is 64.0 Å².